The lowest BCUT2D eigenvalue weighted by atomic mass is 9.96. The van der Waals surface area contributed by atoms with Crippen LogP contribution in [0.4, 0.5) is 5.69 Å². The zero-order chi connectivity index (χ0) is 24.8. The van der Waals surface area contributed by atoms with Crippen molar-refractivity contribution in [1.82, 2.24) is 19.8 Å². The van der Waals surface area contributed by atoms with Crippen molar-refractivity contribution in [1.29, 1.82) is 0 Å². The second kappa shape index (κ2) is 11.3. The first-order valence-corrected chi connectivity index (χ1v) is 12.5. The van der Waals surface area contributed by atoms with Gasteiger partial charge in [0.2, 0.25) is 17.0 Å². The van der Waals surface area contributed by atoms with Crippen molar-refractivity contribution < 1.29 is 14.3 Å². The van der Waals surface area contributed by atoms with E-state index in [-0.39, 0.29) is 30.1 Å². The van der Waals surface area contributed by atoms with E-state index in [1.165, 1.54) is 16.4 Å². The Morgan fingerprint density at radius 2 is 1.77 bits per heavy atom. The minimum absolute atomic E-state index is 0.00415. The second-order valence-electron chi connectivity index (χ2n) is 8.68. The summed E-state index contributed by atoms with van der Waals surface area (Å²) >= 11 is 1.24. The summed E-state index contributed by atoms with van der Waals surface area (Å²) in [6.45, 7) is 5.31. The van der Waals surface area contributed by atoms with Crippen molar-refractivity contribution in [3.05, 3.63) is 65.5 Å². The van der Waals surface area contributed by atoms with Gasteiger partial charge in [-0.1, -0.05) is 36.0 Å². The maximum Gasteiger partial charge on any atom is 0.233 e. The molecule has 0 radical (unpaired) electrons. The average Bonchev–Trinajstić information content (AvgIpc) is 3.20. The van der Waals surface area contributed by atoms with Crippen LogP contribution in [0.2, 0.25) is 0 Å². The van der Waals surface area contributed by atoms with Crippen LogP contribution in [-0.2, 0) is 16.2 Å². The minimum atomic E-state index is -0.0983. The summed E-state index contributed by atoms with van der Waals surface area (Å²) in [6, 6.07) is 15.4. The fraction of sp³-hybridized carbons (Fsp3) is 0.360. The van der Waals surface area contributed by atoms with E-state index in [0.29, 0.717) is 36.9 Å². The number of ether oxygens (including phenoxy) is 1. The van der Waals surface area contributed by atoms with Gasteiger partial charge in [0.05, 0.1) is 5.75 Å². The molecule has 3 N–H and O–H groups in total. The second-order valence-corrected chi connectivity index (χ2v) is 9.62. The zero-order valence-electron chi connectivity index (χ0n) is 19.9. The number of rotatable bonds is 8. The maximum atomic E-state index is 12.7. The molecule has 2 amide bonds. The van der Waals surface area contributed by atoms with E-state index >= 15 is 0 Å². The standard InChI is InChI=1S/C25H30N6O3S/c1-17-12-18(2)14-21(13-17)34-15-22-28-29-25(31(22)26)35-16-23(32)30-10-8-19(9-11-30)24(33)27-20-6-4-3-5-7-20/h3-7,12-14,19H,8-11,15-16,26H2,1-2H3,(H,27,33). The maximum absolute atomic E-state index is 12.7. The van der Waals surface area contributed by atoms with Crippen LogP contribution < -0.4 is 15.9 Å². The lowest BCUT2D eigenvalue weighted by molar-refractivity contribution is -0.132. The van der Waals surface area contributed by atoms with E-state index in [2.05, 4.69) is 21.6 Å². The predicted octanol–water partition coefficient (Wildman–Crippen LogP) is 3.16. The largest absolute Gasteiger partial charge is 0.486 e. The Morgan fingerprint density at radius 3 is 2.46 bits per heavy atom. The molecule has 1 fully saturated rings. The Bertz CT molecular complexity index is 1150. The van der Waals surface area contributed by atoms with Crippen LogP contribution in [0.3, 0.4) is 0 Å². The molecule has 35 heavy (non-hydrogen) atoms. The predicted molar refractivity (Wildman–Crippen MR) is 136 cm³/mol. The van der Waals surface area contributed by atoms with Gasteiger partial charge in [0, 0.05) is 24.7 Å². The number of hydrogen-bond donors (Lipinski definition) is 2. The normalized spacial score (nSPS) is 14.1. The highest BCUT2D eigenvalue weighted by molar-refractivity contribution is 7.99. The van der Waals surface area contributed by atoms with Gasteiger partial charge < -0.3 is 20.8 Å². The number of amides is 2. The molecule has 2 heterocycles. The van der Waals surface area contributed by atoms with Crippen LogP contribution in [-0.4, -0.2) is 50.4 Å². The van der Waals surface area contributed by atoms with Crippen molar-refractivity contribution in [3.8, 4) is 5.75 Å². The number of hydrogen-bond acceptors (Lipinski definition) is 7. The number of carbonyl (C=O) groups is 2. The first-order valence-electron chi connectivity index (χ1n) is 11.6. The monoisotopic (exact) mass is 494 g/mol. The number of aryl methyl sites for hydroxylation is 2. The average molecular weight is 495 g/mol. The Morgan fingerprint density at radius 1 is 1.09 bits per heavy atom. The van der Waals surface area contributed by atoms with Crippen LogP contribution in [0.15, 0.2) is 53.7 Å². The van der Waals surface area contributed by atoms with Gasteiger partial charge >= 0.3 is 0 Å². The molecule has 184 valence electrons. The molecule has 0 atom stereocenters. The SMILES string of the molecule is Cc1cc(C)cc(OCc2nnc(SCC(=O)N3CCC(C(=O)Nc4ccccc4)CC3)n2N)c1. The quantitative estimate of drug-likeness (QED) is 0.365. The molecule has 9 nitrogen and oxygen atoms in total. The third-order valence-corrected chi connectivity index (χ3v) is 6.81. The highest BCUT2D eigenvalue weighted by Gasteiger charge is 2.27. The number of benzene rings is 2. The summed E-state index contributed by atoms with van der Waals surface area (Å²) in [5, 5.41) is 11.6. The Labute approximate surface area is 209 Å². The number of aromatic nitrogens is 3. The molecular formula is C25H30N6O3S. The van der Waals surface area contributed by atoms with Crippen LogP contribution in [0.5, 0.6) is 5.75 Å². The molecule has 3 aromatic rings. The molecule has 0 unspecified atom stereocenters. The third-order valence-electron chi connectivity index (χ3n) is 5.88. The van der Waals surface area contributed by atoms with Gasteiger partial charge in [0.1, 0.15) is 12.4 Å². The van der Waals surface area contributed by atoms with Gasteiger partial charge in [-0.15, -0.1) is 10.2 Å². The molecule has 4 rings (SSSR count). The molecule has 0 aliphatic carbocycles. The number of nitrogen functional groups attached to an aromatic ring is 1. The van der Waals surface area contributed by atoms with Gasteiger partial charge in [-0.2, -0.15) is 0 Å². The summed E-state index contributed by atoms with van der Waals surface area (Å²) < 4.78 is 7.18. The summed E-state index contributed by atoms with van der Waals surface area (Å²) in [5.41, 5.74) is 3.02. The molecule has 1 aromatic heterocycles. The minimum Gasteiger partial charge on any atom is -0.486 e. The van der Waals surface area contributed by atoms with Gasteiger partial charge in [0.15, 0.2) is 5.82 Å². The van der Waals surface area contributed by atoms with E-state index in [0.717, 1.165) is 22.6 Å². The highest BCUT2D eigenvalue weighted by Crippen LogP contribution is 2.22. The molecular weight excluding hydrogens is 464 g/mol. The van der Waals surface area contributed by atoms with E-state index in [1.54, 1.807) is 4.90 Å². The topological polar surface area (TPSA) is 115 Å². The number of carbonyl (C=O) groups excluding carboxylic acids is 2. The number of anilines is 1. The van der Waals surface area contributed by atoms with E-state index in [9.17, 15) is 9.59 Å². The molecule has 10 heteroatoms. The number of piperidine rings is 1. The first kappa shape index (κ1) is 24.6. The van der Waals surface area contributed by atoms with Gasteiger partial charge in [-0.3, -0.25) is 9.59 Å². The highest BCUT2D eigenvalue weighted by atomic mass is 32.2. The van der Waals surface area contributed by atoms with Crippen LogP contribution >= 0.6 is 11.8 Å². The molecule has 0 spiro atoms. The Kier molecular flexibility index (Phi) is 7.91. The van der Waals surface area contributed by atoms with E-state index in [4.69, 9.17) is 10.6 Å². The van der Waals surface area contributed by atoms with Crippen molar-refractivity contribution in [2.24, 2.45) is 5.92 Å². The molecule has 0 bridgehead atoms. The van der Waals surface area contributed by atoms with Crippen molar-refractivity contribution >= 4 is 29.3 Å². The summed E-state index contributed by atoms with van der Waals surface area (Å²) in [4.78, 5) is 27.0. The number of likely N-dealkylation sites (tertiary alicyclic amines) is 1. The number of thioether (sulfide) groups is 1. The first-order chi connectivity index (χ1) is 16.9. The van der Waals surface area contributed by atoms with Gasteiger partial charge in [-0.05, 0) is 62.1 Å². The number of para-hydroxylation sites is 1. The lowest BCUT2D eigenvalue weighted by Crippen LogP contribution is -2.42. The van der Waals surface area contributed by atoms with Crippen molar-refractivity contribution in [2.75, 3.05) is 30.0 Å². The molecule has 0 saturated carbocycles. The Hall–Kier alpha value is -3.53. The fourth-order valence-corrected chi connectivity index (χ4v) is 4.82. The van der Waals surface area contributed by atoms with E-state index < -0.39 is 0 Å². The molecule has 1 saturated heterocycles. The molecule has 1 aliphatic heterocycles. The van der Waals surface area contributed by atoms with Crippen LogP contribution in [0.1, 0.15) is 29.8 Å². The molecule has 2 aromatic carbocycles. The van der Waals surface area contributed by atoms with Gasteiger partial charge in [-0.25, -0.2) is 4.68 Å². The van der Waals surface area contributed by atoms with Gasteiger partial charge in [0.25, 0.3) is 0 Å². The van der Waals surface area contributed by atoms with Crippen LogP contribution in [0, 0.1) is 19.8 Å². The number of nitrogens with two attached hydrogens (primary N) is 1. The fourth-order valence-electron chi connectivity index (χ4n) is 4.04. The number of nitrogens with zero attached hydrogens (tertiary/aromatic N) is 4. The van der Waals surface area contributed by atoms with Crippen LogP contribution in [0.25, 0.3) is 0 Å². The Balaban J connectivity index is 1.22. The zero-order valence-corrected chi connectivity index (χ0v) is 20.8. The van der Waals surface area contributed by atoms with Crippen molar-refractivity contribution in [2.45, 2.75) is 38.5 Å². The van der Waals surface area contributed by atoms with Crippen molar-refractivity contribution in [3.63, 3.8) is 0 Å². The molecule has 1 aliphatic rings. The van der Waals surface area contributed by atoms with E-state index in [1.807, 2.05) is 56.3 Å². The third kappa shape index (κ3) is 6.54. The summed E-state index contributed by atoms with van der Waals surface area (Å²) in [6.07, 6.45) is 1.28. The number of nitrogens with one attached hydrogen (secondary N) is 1. The summed E-state index contributed by atoms with van der Waals surface area (Å²) in [7, 11) is 0. The smallest absolute Gasteiger partial charge is 0.233 e. The lowest BCUT2D eigenvalue weighted by Gasteiger charge is -2.31. The summed E-state index contributed by atoms with van der Waals surface area (Å²) in [5.74, 6) is 7.45.